The molecule has 1 atom stereocenters. The number of rotatable bonds is 3. The first kappa shape index (κ1) is 18.6. The van der Waals surface area contributed by atoms with Crippen LogP contribution in [0.25, 0.3) is 0 Å². The number of aromatic nitrogens is 3. The summed E-state index contributed by atoms with van der Waals surface area (Å²) in [5, 5.41) is 4.06. The van der Waals surface area contributed by atoms with Gasteiger partial charge in [0.1, 0.15) is 0 Å². The zero-order valence-corrected chi connectivity index (χ0v) is 15.8. The topological polar surface area (TPSA) is 89.8 Å². The van der Waals surface area contributed by atoms with Gasteiger partial charge in [0.25, 0.3) is 5.91 Å². The molecule has 0 saturated carbocycles. The molecule has 2 aromatic heterocycles. The Kier molecular flexibility index (Phi) is 5.10. The van der Waals surface area contributed by atoms with Gasteiger partial charge in [-0.2, -0.15) is 5.10 Å². The highest BCUT2D eigenvalue weighted by Crippen LogP contribution is 2.26. The molecule has 148 valence electrons. The number of carbonyl (C=O) groups excluding carboxylic acids is 2. The summed E-state index contributed by atoms with van der Waals surface area (Å²) in [6.45, 7) is 2.24. The zero-order chi connectivity index (χ0) is 19.6. The van der Waals surface area contributed by atoms with Crippen LogP contribution in [0.3, 0.4) is 0 Å². The molecule has 2 amide bonds. The third-order valence-electron chi connectivity index (χ3n) is 4.97. The minimum atomic E-state index is -0.992. The van der Waals surface area contributed by atoms with Gasteiger partial charge in [-0.3, -0.25) is 19.3 Å². The van der Waals surface area contributed by atoms with Crippen LogP contribution in [0.5, 0.6) is 0 Å². The summed E-state index contributed by atoms with van der Waals surface area (Å²) in [5.41, 5.74) is 1.25. The Morgan fingerprint density at radius 1 is 1.14 bits per heavy atom. The van der Waals surface area contributed by atoms with Crippen LogP contribution in [-0.2, 0) is 27.7 Å². The van der Waals surface area contributed by atoms with E-state index in [-0.39, 0.29) is 31.3 Å². The molecule has 9 heteroatoms. The molecular weight excluding hydrogens is 362 g/mol. The molecule has 1 unspecified atom stereocenters. The van der Waals surface area contributed by atoms with E-state index in [0.717, 1.165) is 5.69 Å². The van der Waals surface area contributed by atoms with Crippen LogP contribution >= 0.6 is 0 Å². The van der Waals surface area contributed by atoms with E-state index in [4.69, 9.17) is 9.47 Å². The minimum Gasteiger partial charge on any atom is -0.345 e. The first-order valence-corrected chi connectivity index (χ1v) is 9.28. The number of nitrogens with zero attached hydrogens (tertiary/aromatic N) is 5. The van der Waals surface area contributed by atoms with Crippen molar-refractivity contribution in [3.05, 3.63) is 48.0 Å². The second-order valence-corrected chi connectivity index (χ2v) is 7.05. The molecule has 28 heavy (non-hydrogen) atoms. The number of hydrogen-bond acceptors (Lipinski definition) is 6. The first-order chi connectivity index (χ1) is 13.5. The van der Waals surface area contributed by atoms with Crippen LogP contribution in [0.2, 0.25) is 0 Å². The van der Waals surface area contributed by atoms with Crippen LogP contribution in [0.1, 0.15) is 16.1 Å². The number of ether oxygens (including phenoxy) is 2. The molecule has 4 rings (SSSR count). The van der Waals surface area contributed by atoms with Crippen molar-refractivity contribution in [1.29, 1.82) is 0 Å². The monoisotopic (exact) mass is 385 g/mol. The van der Waals surface area contributed by atoms with Gasteiger partial charge < -0.3 is 19.3 Å². The van der Waals surface area contributed by atoms with Gasteiger partial charge in [0.05, 0.1) is 44.5 Å². The van der Waals surface area contributed by atoms with Crippen LogP contribution in [0, 0.1) is 0 Å². The number of amides is 2. The summed E-state index contributed by atoms with van der Waals surface area (Å²) in [6.07, 6.45) is 5.15. The molecule has 2 aliphatic rings. The number of pyridine rings is 1. The van der Waals surface area contributed by atoms with Gasteiger partial charge in [0.2, 0.25) is 11.7 Å². The highest BCUT2D eigenvalue weighted by atomic mass is 16.7. The molecule has 0 aromatic carbocycles. The number of hydrogen-bond donors (Lipinski definition) is 0. The van der Waals surface area contributed by atoms with Crippen molar-refractivity contribution < 1.29 is 19.1 Å². The lowest BCUT2D eigenvalue weighted by Gasteiger charge is -2.47. The van der Waals surface area contributed by atoms with Crippen LogP contribution in [0.15, 0.2) is 36.8 Å². The molecule has 0 aliphatic carbocycles. The van der Waals surface area contributed by atoms with E-state index in [1.807, 2.05) is 18.2 Å². The summed E-state index contributed by atoms with van der Waals surface area (Å²) >= 11 is 0. The molecule has 2 saturated heterocycles. The summed E-state index contributed by atoms with van der Waals surface area (Å²) in [4.78, 5) is 33.1. The Morgan fingerprint density at radius 3 is 2.57 bits per heavy atom. The van der Waals surface area contributed by atoms with E-state index in [9.17, 15) is 9.59 Å². The maximum Gasteiger partial charge on any atom is 0.257 e. The van der Waals surface area contributed by atoms with Gasteiger partial charge in [0, 0.05) is 38.2 Å². The van der Waals surface area contributed by atoms with Crippen molar-refractivity contribution in [1.82, 2.24) is 24.6 Å². The second-order valence-electron chi connectivity index (χ2n) is 7.05. The molecule has 0 bridgehead atoms. The lowest BCUT2D eigenvalue weighted by molar-refractivity contribution is -0.284. The average molecular weight is 385 g/mol. The van der Waals surface area contributed by atoms with Crippen molar-refractivity contribution in [2.75, 3.05) is 39.4 Å². The fraction of sp³-hybridized carbons (Fsp3) is 0.474. The molecule has 9 nitrogen and oxygen atoms in total. The zero-order valence-electron chi connectivity index (χ0n) is 15.8. The summed E-state index contributed by atoms with van der Waals surface area (Å²) in [7, 11) is 1.77. The average Bonchev–Trinajstić information content (AvgIpc) is 3.14. The summed E-state index contributed by atoms with van der Waals surface area (Å²) in [5.74, 6) is -1.13. The molecule has 2 aliphatic heterocycles. The fourth-order valence-corrected chi connectivity index (χ4v) is 3.57. The van der Waals surface area contributed by atoms with Crippen molar-refractivity contribution in [3.8, 4) is 0 Å². The van der Waals surface area contributed by atoms with Crippen molar-refractivity contribution in [2.45, 2.75) is 12.2 Å². The smallest absolute Gasteiger partial charge is 0.257 e. The van der Waals surface area contributed by atoms with Crippen molar-refractivity contribution in [2.24, 2.45) is 7.05 Å². The van der Waals surface area contributed by atoms with Crippen LogP contribution in [0.4, 0.5) is 0 Å². The van der Waals surface area contributed by atoms with Crippen LogP contribution < -0.4 is 0 Å². The van der Waals surface area contributed by atoms with Gasteiger partial charge in [-0.1, -0.05) is 6.07 Å². The molecule has 1 spiro atoms. The molecular formula is C19H23N5O4. The van der Waals surface area contributed by atoms with E-state index in [2.05, 4.69) is 10.1 Å². The Bertz CT molecular complexity index is 851. The first-order valence-electron chi connectivity index (χ1n) is 9.28. The lowest BCUT2D eigenvalue weighted by atomic mass is 10.1. The van der Waals surface area contributed by atoms with Gasteiger partial charge in [-0.25, -0.2) is 0 Å². The predicted molar refractivity (Wildman–Crippen MR) is 98.3 cm³/mol. The van der Waals surface area contributed by atoms with E-state index in [1.165, 1.54) is 0 Å². The largest absolute Gasteiger partial charge is 0.345 e. The highest BCUT2D eigenvalue weighted by Gasteiger charge is 2.44. The Morgan fingerprint density at radius 2 is 1.89 bits per heavy atom. The van der Waals surface area contributed by atoms with Gasteiger partial charge in [-0.05, 0) is 12.1 Å². The third kappa shape index (κ3) is 3.90. The van der Waals surface area contributed by atoms with Gasteiger partial charge in [-0.15, -0.1) is 0 Å². The number of carbonyl (C=O) groups is 2. The second kappa shape index (κ2) is 7.69. The number of aryl methyl sites for hydroxylation is 1. The molecule has 2 aromatic rings. The lowest BCUT2D eigenvalue weighted by Crippen LogP contribution is -2.63. The van der Waals surface area contributed by atoms with Gasteiger partial charge in [0.15, 0.2) is 0 Å². The Balaban J connectivity index is 1.43. The standard InChI is InChI=1S/C19H23N5O4/c1-22-12-15(11-21-22)18(26)24-7-9-28-19(14-24)13-23(6-8-27-19)17(25)10-16-4-2-3-5-20-16/h2-5,11-12H,6-10,13-14H2,1H3. The fourth-order valence-electron chi connectivity index (χ4n) is 3.57. The quantitative estimate of drug-likeness (QED) is 0.744. The molecule has 4 heterocycles. The highest BCUT2D eigenvalue weighted by molar-refractivity contribution is 5.93. The minimum absolute atomic E-state index is 0.0271. The number of morpholine rings is 2. The summed E-state index contributed by atoms with van der Waals surface area (Å²) in [6, 6.07) is 5.52. The molecule has 2 fully saturated rings. The maximum absolute atomic E-state index is 12.8. The van der Waals surface area contributed by atoms with Crippen molar-refractivity contribution in [3.63, 3.8) is 0 Å². The predicted octanol–water partition coefficient (Wildman–Crippen LogP) is 0.0853. The van der Waals surface area contributed by atoms with Crippen molar-refractivity contribution >= 4 is 11.8 Å². The van der Waals surface area contributed by atoms with E-state index in [1.54, 1.807) is 40.1 Å². The molecule has 0 radical (unpaired) electrons. The Labute approximate surface area is 162 Å². The van der Waals surface area contributed by atoms with E-state index in [0.29, 0.717) is 31.9 Å². The molecule has 0 N–H and O–H groups in total. The Hall–Kier alpha value is -2.78. The normalized spacial score (nSPS) is 22.5. The maximum atomic E-state index is 12.8. The van der Waals surface area contributed by atoms with Crippen LogP contribution in [-0.4, -0.2) is 81.6 Å². The van der Waals surface area contributed by atoms with E-state index >= 15 is 0 Å². The van der Waals surface area contributed by atoms with E-state index < -0.39 is 5.79 Å². The SMILES string of the molecule is Cn1cc(C(=O)N2CCOC3(CN(C(=O)Cc4ccccn4)CCO3)C2)cn1. The summed E-state index contributed by atoms with van der Waals surface area (Å²) < 4.78 is 13.4. The van der Waals surface area contributed by atoms with Gasteiger partial charge >= 0.3 is 0 Å². The third-order valence-corrected chi connectivity index (χ3v) is 4.97.